The number of benzene rings is 3. The van der Waals surface area contributed by atoms with Gasteiger partial charge < -0.3 is 15.2 Å². The Kier molecular flexibility index (Phi) is 5.25. The zero-order valence-electron chi connectivity index (χ0n) is 15.8. The summed E-state index contributed by atoms with van der Waals surface area (Å²) in [6.07, 6.45) is 1.52. The van der Waals surface area contributed by atoms with Crippen molar-refractivity contribution < 1.29 is 14.4 Å². The van der Waals surface area contributed by atoms with E-state index in [2.05, 4.69) is 4.98 Å². The summed E-state index contributed by atoms with van der Waals surface area (Å²) in [7, 11) is 0. The Hall–Kier alpha value is -4.39. The number of nitrogen functional groups attached to an aromatic ring is 1. The lowest BCUT2D eigenvalue weighted by Gasteiger charge is -2.14. The van der Waals surface area contributed by atoms with E-state index in [9.17, 15) is 10.1 Å². The van der Waals surface area contributed by atoms with Crippen molar-refractivity contribution in [3.63, 3.8) is 0 Å². The quantitative estimate of drug-likeness (QED) is 0.324. The molecular formula is C23H17N3O4. The van der Waals surface area contributed by atoms with E-state index in [1.54, 1.807) is 30.3 Å². The molecule has 1 aromatic heterocycles. The molecule has 0 spiro atoms. The molecule has 0 aliphatic heterocycles. The number of nitrogens with zero attached hydrogens (tertiary/aromatic N) is 2. The highest BCUT2D eigenvalue weighted by atomic mass is 16.6. The van der Waals surface area contributed by atoms with Crippen molar-refractivity contribution in [1.82, 2.24) is 4.98 Å². The van der Waals surface area contributed by atoms with Crippen LogP contribution in [-0.2, 0) is 0 Å². The van der Waals surface area contributed by atoms with E-state index in [1.807, 2.05) is 42.5 Å². The monoisotopic (exact) mass is 399 g/mol. The summed E-state index contributed by atoms with van der Waals surface area (Å²) < 4.78 is 11.9. The number of hydrogen-bond donors (Lipinski definition) is 1. The third kappa shape index (κ3) is 4.36. The van der Waals surface area contributed by atoms with Crippen LogP contribution in [0.5, 0.6) is 23.1 Å². The maximum atomic E-state index is 10.9. The van der Waals surface area contributed by atoms with Gasteiger partial charge in [0.2, 0.25) is 5.88 Å². The van der Waals surface area contributed by atoms with Crippen molar-refractivity contribution in [2.75, 3.05) is 5.73 Å². The van der Waals surface area contributed by atoms with E-state index in [0.29, 0.717) is 28.8 Å². The molecule has 0 saturated heterocycles. The second-order valence-electron chi connectivity index (χ2n) is 6.41. The number of pyridine rings is 1. The Bertz CT molecular complexity index is 1160. The maximum Gasteiger partial charge on any atom is 0.269 e. The summed E-state index contributed by atoms with van der Waals surface area (Å²) in [5.41, 5.74) is 8.02. The van der Waals surface area contributed by atoms with Crippen LogP contribution >= 0.6 is 0 Å². The zero-order valence-corrected chi connectivity index (χ0v) is 15.8. The summed E-state index contributed by atoms with van der Waals surface area (Å²) >= 11 is 0. The number of nitro groups is 1. The molecular weight excluding hydrogens is 382 g/mol. The SMILES string of the molecule is Nc1ccc(Oc2ccc(-c3ccccc3)c(Oc3ccc([N+](=O)[O-])cc3)c2)nc1. The molecule has 0 fully saturated rings. The fourth-order valence-corrected chi connectivity index (χ4v) is 2.84. The Labute approximate surface area is 172 Å². The molecule has 2 N–H and O–H groups in total. The molecule has 0 bridgehead atoms. The lowest BCUT2D eigenvalue weighted by molar-refractivity contribution is -0.384. The number of rotatable bonds is 6. The first-order chi connectivity index (χ1) is 14.6. The van der Waals surface area contributed by atoms with Crippen LogP contribution in [0.3, 0.4) is 0 Å². The molecule has 4 aromatic rings. The maximum absolute atomic E-state index is 10.9. The van der Waals surface area contributed by atoms with E-state index in [-0.39, 0.29) is 5.69 Å². The van der Waals surface area contributed by atoms with Gasteiger partial charge in [0.15, 0.2) is 0 Å². The third-order valence-electron chi connectivity index (χ3n) is 4.29. The minimum Gasteiger partial charge on any atom is -0.457 e. The molecule has 7 nitrogen and oxygen atoms in total. The number of hydrogen-bond acceptors (Lipinski definition) is 6. The van der Waals surface area contributed by atoms with Gasteiger partial charge in [-0.15, -0.1) is 0 Å². The molecule has 0 radical (unpaired) electrons. The minimum absolute atomic E-state index is 0.00265. The van der Waals surface area contributed by atoms with Gasteiger partial charge in [-0.05, 0) is 35.9 Å². The minimum atomic E-state index is -0.451. The Morgan fingerprint density at radius 1 is 0.833 bits per heavy atom. The van der Waals surface area contributed by atoms with Crippen LogP contribution < -0.4 is 15.2 Å². The predicted molar refractivity (Wildman–Crippen MR) is 114 cm³/mol. The normalized spacial score (nSPS) is 10.4. The average Bonchev–Trinajstić information content (AvgIpc) is 2.77. The van der Waals surface area contributed by atoms with Crippen molar-refractivity contribution in [2.24, 2.45) is 0 Å². The summed E-state index contributed by atoms with van der Waals surface area (Å²) in [6, 6.07) is 24.5. The van der Waals surface area contributed by atoms with Crippen LogP contribution in [0.25, 0.3) is 11.1 Å². The zero-order chi connectivity index (χ0) is 20.9. The molecule has 0 atom stereocenters. The van der Waals surface area contributed by atoms with Gasteiger partial charge >= 0.3 is 0 Å². The van der Waals surface area contributed by atoms with Crippen molar-refractivity contribution >= 4 is 11.4 Å². The molecule has 0 amide bonds. The van der Waals surface area contributed by atoms with Gasteiger partial charge in [0.25, 0.3) is 5.69 Å². The van der Waals surface area contributed by atoms with Crippen LogP contribution in [0.4, 0.5) is 11.4 Å². The molecule has 7 heteroatoms. The lowest BCUT2D eigenvalue weighted by atomic mass is 10.0. The van der Waals surface area contributed by atoms with Gasteiger partial charge in [0, 0.05) is 29.8 Å². The van der Waals surface area contributed by atoms with Crippen molar-refractivity contribution in [3.05, 3.63) is 101 Å². The predicted octanol–water partition coefficient (Wildman–Crippen LogP) is 5.82. The Morgan fingerprint density at radius 2 is 1.57 bits per heavy atom. The Balaban J connectivity index is 1.68. The van der Waals surface area contributed by atoms with Gasteiger partial charge in [0.05, 0.1) is 16.8 Å². The molecule has 148 valence electrons. The molecule has 0 unspecified atom stereocenters. The van der Waals surface area contributed by atoms with Crippen LogP contribution in [0.1, 0.15) is 0 Å². The van der Waals surface area contributed by atoms with E-state index in [4.69, 9.17) is 15.2 Å². The smallest absolute Gasteiger partial charge is 0.269 e. The highest BCUT2D eigenvalue weighted by Crippen LogP contribution is 2.37. The number of anilines is 1. The lowest BCUT2D eigenvalue weighted by Crippen LogP contribution is -1.93. The topological polar surface area (TPSA) is 101 Å². The van der Waals surface area contributed by atoms with Crippen molar-refractivity contribution in [3.8, 4) is 34.3 Å². The summed E-state index contributed by atoms with van der Waals surface area (Å²) in [5, 5.41) is 10.9. The summed E-state index contributed by atoms with van der Waals surface area (Å²) in [6.45, 7) is 0. The molecule has 1 heterocycles. The van der Waals surface area contributed by atoms with Crippen LogP contribution in [0, 0.1) is 10.1 Å². The van der Waals surface area contributed by atoms with Gasteiger partial charge in [0.1, 0.15) is 17.2 Å². The highest BCUT2D eigenvalue weighted by Gasteiger charge is 2.12. The highest BCUT2D eigenvalue weighted by molar-refractivity contribution is 5.72. The molecule has 0 aliphatic carbocycles. The van der Waals surface area contributed by atoms with E-state index in [1.165, 1.54) is 18.3 Å². The second kappa shape index (κ2) is 8.32. The van der Waals surface area contributed by atoms with Crippen molar-refractivity contribution in [2.45, 2.75) is 0 Å². The molecule has 4 rings (SSSR count). The summed E-state index contributed by atoms with van der Waals surface area (Å²) in [4.78, 5) is 14.6. The van der Waals surface area contributed by atoms with Crippen LogP contribution in [0.2, 0.25) is 0 Å². The number of nitrogens with two attached hydrogens (primary N) is 1. The second-order valence-corrected chi connectivity index (χ2v) is 6.41. The summed E-state index contributed by atoms with van der Waals surface area (Å²) in [5.74, 6) is 1.95. The van der Waals surface area contributed by atoms with E-state index < -0.39 is 4.92 Å². The number of aromatic nitrogens is 1. The van der Waals surface area contributed by atoms with Crippen LogP contribution in [-0.4, -0.2) is 9.91 Å². The molecule has 3 aromatic carbocycles. The van der Waals surface area contributed by atoms with Gasteiger partial charge in [-0.3, -0.25) is 10.1 Å². The molecule has 30 heavy (non-hydrogen) atoms. The number of non-ortho nitro benzene ring substituents is 1. The average molecular weight is 399 g/mol. The van der Waals surface area contributed by atoms with Gasteiger partial charge in [-0.1, -0.05) is 30.3 Å². The first kappa shape index (κ1) is 18.9. The number of ether oxygens (including phenoxy) is 2. The van der Waals surface area contributed by atoms with Gasteiger partial charge in [-0.2, -0.15) is 0 Å². The van der Waals surface area contributed by atoms with Crippen molar-refractivity contribution in [1.29, 1.82) is 0 Å². The fraction of sp³-hybridized carbons (Fsp3) is 0. The Morgan fingerprint density at radius 3 is 2.23 bits per heavy atom. The largest absolute Gasteiger partial charge is 0.457 e. The van der Waals surface area contributed by atoms with E-state index >= 15 is 0 Å². The number of nitro benzene ring substituents is 1. The molecule has 0 saturated carbocycles. The fourth-order valence-electron chi connectivity index (χ4n) is 2.84. The van der Waals surface area contributed by atoms with Gasteiger partial charge in [-0.25, -0.2) is 4.98 Å². The van der Waals surface area contributed by atoms with Crippen LogP contribution in [0.15, 0.2) is 91.1 Å². The van der Waals surface area contributed by atoms with E-state index in [0.717, 1.165) is 11.1 Å². The third-order valence-corrected chi connectivity index (χ3v) is 4.29. The first-order valence-electron chi connectivity index (χ1n) is 9.10. The standard InChI is InChI=1S/C23H17N3O4/c24-17-6-13-23(25-15-17)30-20-11-12-21(16-4-2-1-3-5-16)22(14-20)29-19-9-7-18(8-10-19)26(27)28/h1-15H,24H2. The molecule has 0 aliphatic rings. The first-order valence-corrected chi connectivity index (χ1v) is 9.10.